The van der Waals surface area contributed by atoms with Gasteiger partial charge in [0.2, 0.25) is 5.96 Å². The molecule has 0 atom stereocenters. The molecule has 2 rings (SSSR count). The number of benzene rings is 1. The Bertz CT molecular complexity index is 525. The summed E-state index contributed by atoms with van der Waals surface area (Å²) >= 11 is 3.42. The first-order valence-electron chi connectivity index (χ1n) is 6.42. The number of piperazine rings is 1. The minimum atomic E-state index is 0. The topological polar surface area (TPSA) is 83.2 Å². The molecule has 0 unspecified atom stereocenters. The molecule has 8 heteroatoms. The van der Waals surface area contributed by atoms with Gasteiger partial charge in [0.25, 0.3) is 0 Å². The lowest BCUT2D eigenvalue weighted by Gasteiger charge is -2.32. The van der Waals surface area contributed by atoms with E-state index in [1.54, 1.807) is 0 Å². The highest BCUT2D eigenvalue weighted by Crippen LogP contribution is 2.24. The maximum absolute atomic E-state index is 5.97. The third kappa shape index (κ3) is 5.18. The Hall–Kier alpha value is -1.31. The molecule has 1 heterocycles. The number of nitrogens with two attached hydrogens (primary N) is 2. The number of likely N-dealkylation sites (N-methyl/N-ethyl adjacent to an activating group) is 1. The standard InChI is InChI=1S/C13H19BrN6.ClH/c1-19-6-8-20(9-7-19)13(16)18-12(15)17-11-5-3-2-4-10(11)14;/h2-5H,6-9H2,1H3,(H4,15,16,17,18);1H. The number of hydrogen-bond acceptors (Lipinski definition) is 2. The van der Waals surface area contributed by atoms with Crippen LogP contribution in [-0.4, -0.2) is 54.9 Å². The molecule has 6 nitrogen and oxygen atoms in total. The molecule has 1 fully saturated rings. The zero-order valence-electron chi connectivity index (χ0n) is 11.9. The van der Waals surface area contributed by atoms with Crippen LogP contribution in [0, 0.1) is 0 Å². The van der Waals surface area contributed by atoms with Gasteiger partial charge in [-0.2, -0.15) is 4.99 Å². The first-order chi connectivity index (χ1) is 9.56. The van der Waals surface area contributed by atoms with Crippen LogP contribution in [0.25, 0.3) is 0 Å². The molecule has 1 aromatic rings. The second-order valence-electron chi connectivity index (χ2n) is 4.68. The van der Waals surface area contributed by atoms with Gasteiger partial charge in [-0.25, -0.2) is 4.99 Å². The number of hydrogen-bond donors (Lipinski definition) is 2. The van der Waals surface area contributed by atoms with Gasteiger partial charge >= 0.3 is 0 Å². The smallest absolute Gasteiger partial charge is 0.223 e. The molecule has 1 aliphatic heterocycles. The van der Waals surface area contributed by atoms with Crippen LogP contribution >= 0.6 is 28.3 Å². The van der Waals surface area contributed by atoms with Crippen molar-refractivity contribution >= 4 is 45.9 Å². The normalized spacial score (nSPS) is 17.5. The van der Waals surface area contributed by atoms with Crippen molar-refractivity contribution in [3.63, 3.8) is 0 Å². The summed E-state index contributed by atoms with van der Waals surface area (Å²) in [6, 6.07) is 7.57. The molecule has 0 amide bonds. The average Bonchev–Trinajstić information content (AvgIpc) is 2.42. The third-order valence-electron chi connectivity index (χ3n) is 3.14. The summed E-state index contributed by atoms with van der Waals surface area (Å²) in [5.41, 5.74) is 12.5. The van der Waals surface area contributed by atoms with Crippen molar-refractivity contribution in [3.8, 4) is 0 Å². The van der Waals surface area contributed by atoms with Gasteiger partial charge in [0, 0.05) is 30.7 Å². The molecular formula is C13H20BrClN6. The zero-order valence-corrected chi connectivity index (χ0v) is 14.3. The molecule has 0 spiro atoms. The van der Waals surface area contributed by atoms with E-state index in [-0.39, 0.29) is 18.4 Å². The maximum Gasteiger partial charge on any atom is 0.223 e. The molecule has 1 saturated heterocycles. The van der Waals surface area contributed by atoms with E-state index in [0.29, 0.717) is 5.96 Å². The van der Waals surface area contributed by atoms with Gasteiger partial charge < -0.3 is 21.3 Å². The molecule has 1 aromatic carbocycles. The van der Waals surface area contributed by atoms with Gasteiger partial charge in [-0.1, -0.05) is 12.1 Å². The van der Waals surface area contributed by atoms with Gasteiger partial charge in [-0.15, -0.1) is 12.4 Å². The predicted octanol–water partition coefficient (Wildman–Crippen LogP) is 1.38. The van der Waals surface area contributed by atoms with Crippen molar-refractivity contribution in [1.29, 1.82) is 0 Å². The fourth-order valence-corrected chi connectivity index (χ4v) is 2.29. The van der Waals surface area contributed by atoms with Crippen LogP contribution in [0.4, 0.5) is 5.69 Å². The summed E-state index contributed by atoms with van der Waals surface area (Å²) in [7, 11) is 2.09. The Kier molecular flexibility index (Phi) is 6.94. The summed E-state index contributed by atoms with van der Waals surface area (Å²) in [4.78, 5) is 12.7. The highest BCUT2D eigenvalue weighted by molar-refractivity contribution is 9.10. The highest BCUT2D eigenvalue weighted by Gasteiger charge is 2.15. The highest BCUT2D eigenvalue weighted by atomic mass is 79.9. The number of rotatable bonds is 1. The lowest BCUT2D eigenvalue weighted by atomic mass is 10.3. The van der Waals surface area contributed by atoms with Crippen LogP contribution in [0.1, 0.15) is 0 Å². The minimum absolute atomic E-state index is 0. The monoisotopic (exact) mass is 374 g/mol. The Labute approximate surface area is 139 Å². The van der Waals surface area contributed by atoms with Crippen molar-refractivity contribution in [2.24, 2.45) is 21.5 Å². The maximum atomic E-state index is 5.97. The third-order valence-corrected chi connectivity index (χ3v) is 3.81. The van der Waals surface area contributed by atoms with E-state index in [1.165, 1.54) is 0 Å². The second kappa shape index (κ2) is 8.21. The summed E-state index contributed by atoms with van der Waals surface area (Å²) in [6.07, 6.45) is 0. The first-order valence-corrected chi connectivity index (χ1v) is 7.22. The number of halogens is 2. The molecule has 1 aliphatic rings. The minimum Gasteiger partial charge on any atom is -0.369 e. The van der Waals surface area contributed by atoms with E-state index in [4.69, 9.17) is 11.5 Å². The van der Waals surface area contributed by atoms with Crippen LogP contribution in [0.2, 0.25) is 0 Å². The van der Waals surface area contributed by atoms with Crippen molar-refractivity contribution < 1.29 is 0 Å². The van der Waals surface area contributed by atoms with Gasteiger partial charge in [0.05, 0.1) is 5.69 Å². The average molecular weight is 376 g/mol. The van der Waals surface area contributed by atoms with Crippen LogP contribution in [-0.2, 0) is 0 Å². The fourth-order valence-electron chi connectivity index (χ4n) is 1.91. The molecule has 0 aliphatic carbocycles. The molecule has 21 heavy (non-hydrogen) atoms. The van der Waals surface area contributed by atoms with Crippen molar-refractivity contribution in [3.05, 3.63) is 28.7 Å². The molecule has 0 bridgehead atoms. The summed E-state index contributed by atoms with van der Waals surface area (Å²) in [5.74, 6) is 0.583. The Morgan fingerprint density at radius 2 is 1.76 bits per heavy atom. The van der Waals surface area contributed by atoms with Gasteiger partial charge in [0.15, 0.2) is 5.96 Å². The van der Waals surface area contributed by atoms with Gasteiger partial charge in [-0.3, -0.25) is 0 Å². The van der Waals surface area contributed by atoms with E-state index in [2.05, 4.69) is 37.9 Å². The Morgan fingerprint density at radius 1 is 1.14 bits per heavy atom. The molecular weight excluding hydrogens is 356 g/mol. The Balaban J connectivity index is 0.00000220. The number of guanidine groups is 2. The van der Waals surface area contributed by atoms with Crippen LogP contribution in [0.5, 0.6) is 0 Å². The molecule has 0 radical (unpaired) electrons. The quantitative estimate of drug-likeness (QED) is 0.574. The lowest BCUT2D eigenvalue weighted by molar-refractivity contribution is 0.214. The zero-order chi connectivity index (χ0) is 14.5. The largest absolute Gasteiger partial charge is 0.369 e. The second-order valence-corrected chi connectivity index (χ2v) is 5.54. The molecule has 0 saturated carbocycles. The summed E-state index contributed by atoms with van der Waals surface area (Å²) in [6.45, 7) is 3.65. The van der Waals surface area contributed by atoms with Crippen molar-refractivity contribution in [2.45, 2.75) is 0 Å². The van der Waals surface area contributed by atoms with E-state index in [1.807, 2.05) is 29.2 Å². The van der Waals surface area contributed by atoms with E-state index in [9.17, 15) is 0 Å². The number of aliphatic imine (C=N–C) groups is 2. The van der Waals surface area contributed by atoms with E-state index in [0.717, 1.165) is 36.3 Å². The van der Waals surface area contributed by atoms with Crippen molar-refractivity contribution in [1.82, 2.24) is 9.80 Å². The van der Waals surface area contributed by atoms with Crippen molar-refractivity contribution in [2.75, 3.05) is 33.2 Å². The summed E-state index contributed by atoms with van der Waals surface area (Å²) < 4.78 is 0.872. The van der Waals surface area contributed by atoms with Crippen LogP contribution < -0.4 is 11.5 Å². The summed E-state index contributed by atoms with van der Waals surface area (Å²) in [5, 5.41) is 0. The fraction of sp³-hybridized carbons (Fsp3) is 0.385. The van der Waals surface area contributed by atoms with Crippen LogP contribution in [0.3, 0.4) is 0 Å². The lowest BCUT2D eigenvalue weighted by Crippen LogP contribution is -2.50. The van der Waals surface area contributed by atoms with Crippen LogP contribution in [0.15, 0.2) is 38.7 Å². The molecule has 4 N–H and O–H groups in total. The molecule has 116 valence electrons. The number of para-hydroxylation sites is 1. The first kappa shape index (κ1) is 17.7. The molecule has 0 aromatic heterocycles. The van der Waals surface area contributed by atoms with E-state index >= 15 is 0 Å². The van der Waals surface area contributed by atoms with Gasteiger partial charge in [-0.05, 0) is 35.1 Å². The Morgan fingerprint density at radius 3 is 2.38 bits per heavy atom. The SMILES string of the molecule is CN1CCN(C(N)=NC(N)=Nc2ccccc2Br)CC1.Cl. The van der Waals surface area contributed by atoms with Gasteiger partial charge in [0.1, 0.15) is 0 Å². The van der Waals surface area contributed by atoms with E-state index < -0.39 is 0 Å². The predicted molar refractivity (Wildman–Crippen MR) is 93.4 cm³/mol. The number of nitrogens with zero attached hydrogens (tertiary/aromatic N) is 4.